The normalized spacial score (nSPS) is 15.8. The summed E-state index contributed by atoms with van der Waals surface area (Å²) in [6.07, 6.45) is 0.328. The van der Waals surface area contributed by atoms with Gasteiger partial charge in [0.2, 0.25) is 0 Å². The van der Waals surface area contributed by atoms with E-state index in [0.717, 1.165) is 11.6 Å². The minimum atomic E-state index is -0.579. The van der Waals surface area contributed by atoms with Gasteiger partial charge in [-0.05, 0) is 23.6 Å². The van der Waals surface area contributed by atoms with E-state index in [2.05, 4.69) is 0 Å². The van der Waals surface area contributed by atoms with Crippen LogP contribution >= 0.6 is 0 Å². The number of nitro benzene ring substituents is 1. The molecule has 2 aromatic rings. The van der Waals surface area contributed by atoms with E-state index >= 15 is 0 Å². The predicted molar refractivity (Wildman–Crippen MR) is 83.0 cm³/mol. The summed E-state index contributed by atoms with van der Waals surface area (Å²) in [5.74, 6) is 0.750. The zero-order chi connectivity index (χ0) is 17.3. The van der Waals surface area contributed by atoms with Crippen LogP contribution in [0.2, 0.25) is 0 Å². The van der Waals surface area contributed by atoms with E-state index in [1.165, 1.54) is 12.1 Å². The Kier molecular flexibility index (Phi) is 3.88. The van der Waals surface area contributed by atoms with Crippen LogP contribution in [0, 0.1) is 21.4 Å². The highest BCUT2D eigenvalue weighted by molar-refractivity contribution is 5.76. The summed E-state index contributed by atoms with van der Waals surface area (Å²) in [5, 5.41) is 19.9. The lowest BCUT2D eigenvalue weighted by atomic mass is 9.95. The first-order chi connectivity index (χ1) is 11.5. The van der Waals surface area contributed by atoms with Gasteiger partial charge in [0.15, 0.2) is 0 Å². The Bertz CT molecular complexity index is 885. The number of hydrogen-bond acceptors (Lipinski definition) is 6. The zero-order valence-corrected chi connectivity index (χ0v) is 12.7. The van der Waals surface area contributed by atoms with Gasteiger partial charge in [0.1, 0.15) is 28.9 Å². The minimum Gasteiger partial charge on any atom is -0.456 e. The van der Waals surface area contributed by atoms with Crippen LogP contribution in [0.4, 0.5) is 5.69 Å². The lowest BCUT2D eigenvalue weighted by Crippen LogP contribution is -2.18. The molecule has 2 aromatic carbocycles. The van der Waals surface area contributed by atoms with Gasteiger partial charge < -0.3 is 9.47 Å². The largest absolute Gasteiger partial charge is 0.456 e. The first kappa shape index (κ1) is 15.5. The molecule has 0 fully saturated rings. The van der Waals surface area contributed by atoms with E-state index in [-0.39, 0.29) is 28.9 Å². The number of nitro groups is 1. The predicted octanol–water partition coefficient (Wildman–Crippen LogP) is 3.67. The average Bonchev–Trinajstić information content (AvgIpc) is 2.54. The van der Waals surface area contributed by atoms with Gasteiger partial charge in [-0.3, -0.25) is 14.9 Å². The number of carbonyl (C=O) groups excluding carboxylic acids is 1. The van der Waals surface area contributed by atoms with Crippen LogP contribution in [0.1, 0.15) is 30.4 Å². The summed E-state index contributed by atoms with van der Waals surface area (Å²) in [4.78, 5) is 21.7. The van der Waals surface area contributed by atoms with Crippen LogP contribution in [-0.2, 0) is 4.79 Å². The van der Waals surface area contributed by atoms with Crippen molar-refractivity contribution in [2.75, 3.05) is 0 Å². The molecule has 0 spiro atoms. The number of carbonyl (C=O) groups is 1. The molecule has 1 aliphatic heterocycles. The first-order valence-corrected chi connectivity index (χ1v) is 7.19. The fraction of sp³-hybridized carbons (Fsp3) is 0.176. The van der Waals surface area contributed by atoms with Crippen LogP contribution in [0.3, 0.4) is 0 Å². The summed E-state index contributed by atoms with van der Waals surface area (Å²) in [6.45, 7) is 1.93. The van der Waals surface area contributed by atoms with Gasteiger partial charge in [0, 0.05) is 18.2 Å². The van der Waals surface area contributed by atoms with Gasteiger partial charge in [0.25, 0.3) is 5.69 Å². The second kappa shape index (κ2) is 6.01. The highest BCUT2D eigenvalue weighted by Crippen LogP contribution is 2.38. The first-order valence-electron chi connectivity index (χ1n) is 7.19. The topological polar surface area (TPSA) is 102 Å². The standard InChI is InChI=1S/C17H12N2O5/c1-10-6-17(20)24-16-8-13(3-4-14(10)16)23-15-5-2-12(19(21)22)7-11(15)9-18/h2-5,7-8,10H,6H2,1H3. The number of rotatable bonds is 3. The molecule has 1 unspecified atom stereocenters. The molecule has 0 N–H and O–H groups in total. The highest BCUT2D eigenvalue weighted by atomic mass is 16.6. The van der Waals surface area contributed by atoms with Gasteiger partial charge in [0.05, 0.1) is 11.3 Å². The van der Waals surface area contributed by atoms with Crippen LogP contribution < -0.4 is 9.47 Å². The summed E-state index contributed by atoms with van der Waals surface area (Å²) in [7, 11) is 0. The molecule has 0 bridgehead atoms. The molecule has 0 aliphatic carbocycles. The average molecular weight is 324 g/mol. The zero-order valence-electron chi connectivity index (χ0n) is 12.7. The molecule has 0 radical (unpaired) electrons. The minimum absolute atomic E-state index is 0.0484. The summed E-state index contributed by atoms with van der Waals surface area (Å²) < 4.78 is 10.8. The summed E-state index contributed by atoms with van der Waals surface area (Å²) >= 11 is 0. The van der Waals surface area contributed by atoms with Crippen LogP contribution in [0.15, 0.2) is 36.4 Å². The molecule has 24 heavy (non-hydrogen) atoms. The van der Waals surface area contributed by atoms with Gasteiger partial charge in [-0.2, -0.15) is 5.26 Å². The van der Waals surface area contributed by atoms with Crippen LogP contribution in [0.5, 0.6) is 17.2 Å². The number of esters is 1. The lowest BCUT2D eigenvalue weighted by molar-refractivity contribution is -0.384. The number of fused-ring (bicyclic) bond motifs is 1. The van der Waals surface area contributed by atoms with E-state index in [4.69, 9.17) is 14.7 Å². The molecule has 0 saturated carbocycles. The van der Waals surface area contributed by atoms with Gasteiger partial charge in [-0.25, -0.2) is 0 Å². The van der Waals surface area contributed by atoms with Crippen molar-refractivity contribution < 1.29 is 19.2 Å². The Labute approximate surface area is 137 Å². The van der Waals surface area contributed by atoms with Crippen molar-refractivity contribution in [3.63, 3.8) is 0 Å². The third kappa shape index (κ3) is 2.90. The molecule has 0 saturated heterocycles. The van der Waals surface area contributed by atoms with Crippen molar-refractivity contribution in [1.29, 1.82) is 5.26 Å². The Morgan fingerprint density at radius 2 is 2.12 bits per heavy atom. The van der Waals surface area contributed by atoms with E-state index in [0.29, 0.717) is 17.9 Å². The van der Waals surface area contributed by atoms with Crippen molar-refractivity contribution in [2.45, 2.75) is 19.3 Å². The van der Waals surface area contributed by atoms with E-state index < -0.39 is 4.92 Å². The Morgan fingerprint density at radius 3 is 2.83 bits per heavy atom. The monoisotopic (exact) mass is 324 g/mol. The van der Waals surface area contributed by atoms with Crippen molar-refractivity contribution in [2.24, 2.45) is 0 Å². The maximum Gasteiger partial charge on any atom is 0.311 e. The molecule has 0 aromatic heterocycles. The third-order valence-corrected chi connectivity index (χ3v) is 3.73. The van der Waals surface area contributed by atoms with Crippen molar-refractivity contribution >= 4 is 11.7 Å². The Hall–Kier alpha value is -3.40. The van der Waals surface area contributed by atoms with Gasteiger partial charge in [-0.15, -0.1) is 0 Å². The molecule has 0 amide bonds. The van der Waals surface area contributed by atoms with Crippen molar-refractivity contribution in [1.82, 2.24) is 0 Å². The van der Waals surface area contributed by atoms with Crippen molar-refractivity contribution in [3.05, 3.63) is 57.6 Å². The molecule has 7 nitrogen and oxygen atoms in total. The fourth-order valence-electron chi connectivity index (χ4n) is 2.53. The number of hydrogen-bond donors (Lipinski definition) is 0. The van der Waals surface area contributed by atoms with E-state index in [1.807, 2.05) is 13.0 Å². The smallest absolute Gasteiger partial charge is 0.311 e. The van der Waals surface area contributed by atoms with Crippen LogP contribution in [-0.4, -0.2) is 10.9 Å². The molecule has 1 aliphatic rings. The van der Waals surface area contributed by atoms with Gasteiger partial charge in [-0.1, -0.05) is 13.0 Å². The van der Waals surface area contributed by atoms with E-state index in [1.54, 1.807) is 18.2 Å². The quantitative estimate of drug-likeness (QED) is 0.369. The summed E-state index contributed by atoms with van der Waals surface area (Å²) in [5.41, 5.74) is 0.769. The number of nitriles is 1. The molecular formula is C17H12N2O5. The van der Waals surface area contributed by atoms with E-state index in [9.17, 15) is 14.9 Å². The van der Waals surface area contributed by atoms with Crippen LogP contribution in [0.25, 0.3) is 0 Å². The molecule has 7 heteroatoms. The molecular weight excluding hydrogens is 312 g/mol. The maximum absolute atomic E-state index is 11.5. The fourth-order valence-corrected chi connectivity index (χ4v) is 2.53. The number of non-ortho nitro benzene ring substituents is 1. The molecule has 1 heterocycles. The molecule has 3 rings (SSSR count). The Balaban J connectivity index is 1.92. The number of ether oxygens (including phenoxy) is 2. The molecule has 1 atom stereocenters. The Morgan fingerprint density at radius 1 is 1.33 bits per heavy atom. The second-order valence-electron chi connectivity index (χ2n) is 5.43. The van der Waals surface area contributed by atoms with Crippen molar-refractivity contribution in [3.8, 4) is 23.3 Å². The molecule has 120 valence electrons. The SMILES string of the molecule is CC1CC(=O)Oc2cc(Oc3ccc([N+](=O)[O-])cc3C#N)ccc21. The third-order valence-electron chi connectivity index (χ3n) is 3.73. The second-order valence-corrected chi connectivity index (χ2v) is 5.43. The number of benzene rings is 2. The number of nitrogens with zero attached hydrogens (tertiary/aromatic N) is 2. The van der Waals surface area contributed by atoms with Gasteiger partial charge >= 0.3 is 5.97 Å². The summed E-state index contributed by atoms with van der Waals surface area (Å²) in [6, 6.07) is 10.7. The highest BCUT2D eigenvalue weighted by Gasteiger charge is 2.24. The lowest BCUT2D eigenvalue weighted by Gasteiger charge is -2.21. The maximum atomic E-state index is 11.5.